The molecule has 0 saturated carbocycles. The van der Waals surface area contributed by atoms with Crippen LogP contribution in [0.1, 0.15) is 25.8 Å². The minimum atomic E-state index is -0.588. The van der Waals surface area contributed by atoms with Gasteiger partial charge in [0.05, 0.1) is 6.10 Å². The van der Waals surface area contributed by atoms with E-state index in [0.29, 0.717) is 17.9 Å². The number of aryl methyl sites for hydroxylation is 1. The quantitative estimate of drug-likeness (QED) is 0.387. The molecule has 18 heavy (non-hydrogen) atoms. The standard InChI is InChI=1S/C13H16ClNO3/c1-9(2)18-13(16)12(15-17)7-6-10-4-3-5-11(14)8-10/h3-5,8-9,17H,6-7H2,1-2H3/b15-12-. The molecule has 0 aliphatic heterocycles. The molecule has 0 radical (unpaired) electrons. The van der Waals surface area contributed by atoms with E-state index in [1.165, 1.54) is 0 Å². The second-order valence-corrected chi connectivity index (χ2v) is 4.57. The van der Waals surface area contributed by atoms with Crippen LogP contribution in [0.2, 0.25) is 5.02 Å². The molecule has 0 fully saturated rings. The Morgan fingerprint density at radius 2 is 2.22 bits per heavy atom. The Labute approximate surface area is 111 Å². The van der Waals surface area contributed by atoms with Crippen LogP contribution in [0.3, 0.4) is 0 Å². The van der Waals surface area contributed by atoms with Crippen molar-refractivity contribution in [3.05, 3.63) is 34.9 Å². The molecule has 1 N–H and O–H groups in total. The number of rotatable bonds is 5. The summed E-state index contributed by atoms with van der Waals surface area (Å²) in [7, 11) is 0. The van der Waals surface area contributed by atoms with Crippen molar-refractivity contribution in [3.8, 4) is 0 Å². The zero-order chi connectivity index (χ0) is 13.5. The van der Waals surface area contributed by atoms with Gasteiger partial charge in [-0.05, 0) is 38.0 Å². The second-order valence-electron chi connectivity index (χ2n) is 4.13. The third-order valence-electron chi connectivity index (χ3n) is 2.24. The van der Waals surface area contributed by atoms with Crippen molar-refractivity contribution < 1.29 is 14.7 Å². The van der Waals surface area contributed by atoms with Gasteiger partial charge in [-0.25, -0.2) is 4.79 Å². The topological polar surface area (TPSA) is 58.9 Å². The fourth-order valence-corrected chi connectivity index (χ4v) is 1.64. The van der Waals surface area contributed by atoms with Crippen LogP contribution in [-0.4, -0.2) is 23.0 Å². The molecule has 0 bridgehead atoms. The van der Waals surface area contributed by atoms with Crippen molar-refractivity contribution in [2.75, 3.05) is 0 Å². The Bertz CT molecular complexity index is 444. The smallest absolute Gasteiger partial charge is 0.356 e. The molecule has 1 aromatic rings. The number of hydrogen-bond acceptors (Lipinski definition) is 4. The SMILES string of the molecule is CC(C)OC(=O)/C(CCc1cccc(Cl)c1)=N\O. The van der Waals surface area contributed by atoms with E-state index >= 15 is 0 Å². The van der Waals surface area contributed by atoms with Gasteiger partial charge in [-0.2, -0.15) is 0 Å². The van der Waals surface area contributed by atoms with Crippen molar-refractivity contribution in [2.24, 2.45) is 5.16 Å². The summed E-state index contributed by atoms with van der Waals surface area (Å²) in [6.07, 6.45) is 0.635. The number of carbonyl (C=O) groups excluding carboxylic acids is 1. The molecule has 0 atom stereocenters. The molecule has 0 spiro atoms. The van der Waals surface area contributed by atoms with Crippen LogP contribution in [0.25, 0.3) is 0 Å². The van der Waals surface area contributed by atoms with Gasteiger partial charge >= 0.3 is 5.97 Å². The summed E-state index contributed by atoms with van der Waals surface area (Å²) in [5, 5.41) is 12.4. The molecular weight excluding hydrogens is 254 g/mol. The molecule has 0 heterocycles. The zero-order valence-electron chi connectivity index (χ0n) is 10.4. The number of halogens is 1. The summed E-state index contributed by atoms with van der Waals surface area (Å²) < 4.78 is 4.96. The van der Waals surface area contributed by atoms with Crippen molar-refractivity contribution in [1.29, 1.82) is 0 Å². The van der Waals surface area contributed by atoms with E-state index in [-0.39, 0.29) is 11.8 Å². The van der Waals surface area contributed by atoms with Crippen LogP contribution in [0.15, 0.2) is 29.4 Å². The lowest BCUT2D eigenvalue weighted by molar-refractivity contribution is -0.139. The van der Waals surface area contributed by atoms with E-state index in [9.17, 15) is 4.79 Å². The van der Waals surface area contributed by atoms with E-state index in [1.54, 1.807) is 19.9 Å². The molecular formula is C13H16ClNO3. The monoisotopic (exact) mass is 269 g/mol. The van der Waals surface area contributed by atoms with Crippen molar-refractivity contribution in [2.45, 2.75) is 32.8 Å². The lowest BCUT2D eigenvalue weighted by Gasteiger charge is -2.08. The van der Waals surface area contributed by atoms with E-state index in [2.05, 4.69) is 5.16 Å². The van der Waals surface area contributed by atoms with E-state index in [1.807, 2.05) is 18.2 Å². The van der Waals surface area contributed by atoms with E-state index in [0.717, 1.165) is 5.56 Å². The van der Waals surface area contributed by atoms with Gasteiger partial charge < -0.3 is 9.94 Å². The molecule has 1 aromatic carbocycles. The maximum Gasteiger partial charge on any atom is 0.356 e. The third kappa shape index (κ3) is 4.75. The Morgan fingerprint density at radius 3 is 2.78 bits per heavy atom. The number of benzene rings is 1. The highest BCUT2D eigenvalue weighted by Gasteiger charge is 2.15. The average molecular weight is 270 g/mol. The maximum absolute atomic E-state index is 11.5. The first-order valence-corrected chi connectivity index (χ1v) is 6.07. The molecule has 0 amide bonds. The Balaban J connectivity index is 2.58. The molecule has 98 valence electrons. The van der Waals surface area contributed by atoms with Gasteiger partial charge in [0.2, 0.25) is 0 Å². The fourth-order valence-electron chi connectivity index (χ4n) is 1.43. The Morgan fingerprint density at radius 1 is 1.50 bits per heavy atom. The van der Waals surface area contributed by atoms with Crippen LogP contribution in [0.5, 0.6) is 0 Å². The lowest BCUT2D eigenvalue weighted by atomic mass is 10.1. The van der Waals surface area contributed by atoms with Crippen LogP contribution in [0.4, 0.5) is 0 Å². The average Bonchev–Trinajstić information content (AvgIpc) is 2.29. The van der Waals surface area contributed by atoms with Crippen LogP contribution in [-0.2, 0) is 16.0 Å². The van der Waals surface area contributed by atoms with Gasteiger partial charge in [0.1, 0.15) is 0 Å². The number of oxime groups is 1. The van der Waals surface area contributed by atoms with Crippen LogP contribution in [0, 0.1) is 0 Å². The first-order valence-electron chi connectivity index (χ1n) is 5.69. The highest BCUT2D eigenvalue weighted by Crippen LogP contribution is 2.12. The van der Waals surface area contributed by atoms with Crippen LogP contribution >= 0.6 is 11.6 Å². The summed E-state index contributed by atoms with van der Waals surface area (Å²) >= 11 is 5.85. The number of hydrogen-bond donors (Lipinski definition) is 1. The molecule has 0 aromatic heterocycles. The van der Waals surface area contributed by atoms with Crippen molar-refractivity contribution in [3.63, 3.8) is 0 Å². The van der Waals surface area contributed by atoms with Gasteiger partial charge in [-0.15, -0.1) is 0 Å². The second kappa shape index (κ2) is 7.01. The number of ether oxygens (including phenoxy) is 1. The van der Waals surface area contributed by atoms with Crippen molar-refractivity contribution in [1.82, 2.24) is 0 Å². The molecule has 0 aliphatic carbocycles. The minimum Gasteiger partial charge on any atom is -0.458 e. The largest absolute Gasteiger partial charge is 0.458 e. The van der Waals surface area contributed by atoms with Gasteiger partial charge in [-0.1, -0.05) is 28.9 Å². The van der Waals surface area contributed by atoms with Crippen LogP contribution < -0.4 is 0 Å². The minimum absolute atomic E-state index is 0.0173. The number of esters is 1. The summed E-state index contributed by atoms with van der Waals surface area (Å²) in [4.78, 5) is 11.5. The number of nitrogens with zero attached hydrogens (tertiary/aromatic N) is 1. The summed E-state index contributed by atoms with van der Waals surface area (Å²) in [6.45, 7) is 3.48. The van der Waals surface area contributed by atoms with Gasteiger partial charge in [0.25, 0.3) is 0 Å². The molecule has 4 nitrogen and oxygen atoms in total. The highest BCUT2D eigenvalue weighted by atomic mass is 35.5. The fraction of sp³-hybridized carbons (Fsp3) is 0.385. The number of carbonyl (C=O) groups is 1. The zero-order valence-corrected chi connectivity index (χ0v) is 11.1. The molecule has 0 unspecified atom stereocenters. The van der Waals surface area contributed by atoms with E-state index < -0.39 is 5.97 Å². The summed E-state index contributed by atoms with van der Waals surface area (Å²) in [5.74, 6) is -0.588. The predicted molar refractivity (Wildman–Crippen MR) is 70.2 cm³/mol. The highest BCUT2D eigenvalue weighted by molar-refractivity contribution is 6.36. The predicted octanol–water partition coefficient (Wildman–Crippen LogP) is 3.05. The maximum atomic E-state index is 11.5. The van der Waals surface area contributed by atoms with Gasteiger partial charge in [-0.3, -0.25) is 0 Å². The summed E-state index contributed by atoms with van der Waals surface area (Å²) in [5.41, 5.74) is 0.990. The molecule has 0 saturated heterocycles. The Kier molecular flexibility index (Phi) is 5.65. The first kappa shape index (κ1) is 14.5. The molecule has 5 heteroatoms. The molecule has 0 aliphatic rings. The summed E-state index contributed by atoms with van der Waals surface area (Å²) in [6, 6.07) is 7.32. The van der Waals surface area contributed by atoms with Gasteiger partial charge in [0.15, 0.2) is 5.71 Å². The molecule has 1 rings (SSSR count). The van der Waals surface area contributed by atoms with Crippen molar-refractivity contribution >= 4 is 23.3 Å². The third-order valence-corrected chi connectivity index (χ3v) is 2.47. The first-order chi connectivity index (χ1) is 8.52. The normalized spacial score (nSPS) is 11.7. The Hall–Kier alpha value is -1.55. The lowest BCUT2D eigenvalue weighted by Crippen LogP contribution is -2.21. The van der Waals surface area contributed by atoms with Gasteiger partial charge in [0, 0.05) is 11.4 Å². The van der Waals surface area contributed by atoms with E-state index in [4.69, 9.17) is 21.5 Å².